The SMILES string of the molecule is CCCn1ncnc1CN1CCCC1CNCCOC. The Morgan fingerprint density at radius 2 is 2.40 bits per heavy atom. The number of nitrogens with one attached hydrogen (secondary N) is 1. The molecule has 1 N–H and O–H groups in total. The molecule has 0 spiro atoms. The number of hydrogen-bond donors (Lipinski definition) is 1. The molecule has 6 heteroatoms. The van der Waals surface area contributed by atoms with Crippen molar-refractivity contribution in [3.63, 3.8) is 0 Å². The molecule has 2 rings (SSSR count). The minimum atomic E-state index is 0.610. The molecule has 2 heterocycles. The first-order valence-corrected chi connectivity index (χ1v) is 7.65. The van der Waals surface area contributed by atoms with Gasteiger partial charge < -0.3 is 10.1 Å². The maximum Gasteiger partial charge on any atom is 0.141 e. The quantitative estimate of drug-likeness (QED) is 0.681. The maximum absolute atomic E-state index is 5.06. The Kier molecular flexibility index (Phi) is 6.42. The molecule has 1 saturated heterocycles. The van der Waals surface area contributed by atoms with E-state index in [1.807, 2.05) is 4.68 Å². The predicted molar refractivity (Wildman–Crippen MR) is 78.5 cm³/mol. The molecule has 1 aromatic heterocycles. The van der Waals surface area contributed by atoms with Crippen LogP contribution in [0.1, 0.15) is 32.0 Å². The Balaban J connectivity index is 1.82. The topological polar surface area (TPSA) is 55.2 Å². The molecule has 6 nitrogen and oxygen atoms in total. The summed E-state index contributed by atoms with van der Waals surface area (Å²) in [6, 6.07) is 0.610. The summed E-state index contributed by atoms with van der Waals surface area (Å²) in [4.78, 5) is 6.94. The fraction of sp³-hybridized carbons (Fsp3) is 0.857. The van der Waals surface area contributed by atoms with Crippen LogP contribution in [0.25, 0.3) is 0 Å². The molecule has 0 radical (unpaired) electrons. The zero-order valence-electron chi connectivity index (χ0n) is 12.7. The monoisotopic (exact) mass is 281 g/mol. The molecule has 1 aliphatic heterocycles. The van der Waals surface area contributed by atoms with Crippen LogP contribution in [0, 0.1) is 0 Å². The zero-order valence-corrected chi connectivity index (χ0v) is 12.7. The molecule has 1 aromatic rings. The fourth-order valence-corrected chi connectivity index (χ4v) is 2.77. The Morgan fingerprint density at radius 3 is 3.20 bits per heavy atom. The molecule has 0 aromatic carbocycles. The average Bonchev–Trinajstić information content (AvgIpc) is 3.06. The van der Waals surface area contributed by atoms with E-state index in [0.29, 0.717) is 6.04 Å². The first-order valence-electron chi connectivity index (χ1n) is 7.65. The van der Waals surface area contributed by atoms with Crippen LogP contribution in [0.5, 0.6) is 0 Å². The third kappa shape index (κ3) is 4.26. The molecule has 0 bridgehead atoms. The van der Waals surface area contributed by atoms with Gasteiger partial charge in [-0.05, 0) is 25.8 Å². The van der Waals surface area contributed by atoms with Crippen molar-refractivity contribution < 1.29 is 4.74 Å². The summed E-state index contributed by atoms with van der Waals surface area (Å²) < 4.78 is 7.10. The molecule has 1 fully saturated rings. The molecule has 114 valence electrons. The van der Waals surface area contributed by atoms with Gasteiger partial charge in [-0.1, -0.05) is 6.92 Å². The van der Waals surface area contributed by atoms with Crippen molar-refractivity contribution in [3.8, 4) is 0 Å². The van der Waals surface area contributed by atoms with Crippen LogP contribution >= 0.6 is 0 Å². The predicted octanol–water partition coefficient (Wildman–Crippen LogP) is 0.889. The summed E-state index contributed by atoms with van der Waals surface area (Å²) in [5.74, 6) is 1.09. The summed E-state index contributed by atoms with van der Waals surface area (Å²) in [6.07, 6.45) is 5.31. The van der Waals surface area contributed by atoms with Gasteiger partial charge in [0.2, 0.25) is 0 Å². The van der Waals surface area contributed by atoms with Gasteiger partial charge in [0, 0.05) is 32.8 Å². The van der Waals surface area contributed by atoms with Gasteiger partial charge in [-0.2, -0.15) is 5.10 Å². The largest absolute Gasteiger partial charge is 0.383 e. The zero-order chi connectivity index (χ0) is 14.2. The van der Waals surface area contributed by atoms with Gasteiger partial charge >= 0.3 is 0 Å². The third-order valence-corrected chi connectivity index (χ3v) is 3.84. The lowest BCUT2D eigenvalue weighted by Crippen LogP contribution is -2.39. The Bertz CT molecular complexity index is 381. The van der Waals surface area contributed by atoms with Crippen molar-refractivity contribution in [2.75, 3.05) is 33.4 Å². The van der Waals surface area contributed by atoms with Crippen LogP contribution < -0.4 is 5.32 Å². The summed E-state index contributed by atoms with van der Waals surface area (Å²) in [5.41, 5.74) is 0. The van der Waals surface area contributed by atoms with Crippen LogP contribution in [0.3, 0.4) is 0 Å². The number of ether oxygens (including phenoxy) is 1. The summed E-state index contributed by atoms with van der Waals surface area (Å²) in [5, 5.41) is 7.77. The van der Waals surface area contributed by atoms with Gasteiger partial charge in [0.25, 0.3) is 0 Å². The minimum Gasteiger partial charge on any atom is -0.383 e. The number of aromatic nitrogens is 3. The lowest BCUT2D eigenvalue weighted by molar-refractivity contribution is 0.189. The first-order chi connectivity index (χ1) is 9.85. The third-order valence-electron chi connectivity index (χ3n) is 3.84. The standard InChI is InChI=1S/C14H27N5O/c1-3-7-19-14(16-12-17-19)11-18-8-4-5-13(18)10-15-6-9-20-2/h12-13,15H,3-11H2,1-2H3. The Morgan fingerprint density at radius 1 is 1.50 bits per heavy atom. The van der Waals surface area contributed by atoms with Crippen molar-refractivity contribution >= 4 is 0 Å². The Labute approximate surface area is 121 Å². The molecule has 1 unspecified atom stereocenters. The fourth-order valence-electron chi connectivity index (χ4n) is 2.77. The van der Waals surface area contributed by atoms with Gasteiger partial charge in [0.15, 0.2) is 0 Å². The smallest absolute Gasteiger partial charge is 0.141 e. The number of rotatable bonds is 9. The second-order valence-electron chi connectivity index (χ2n) is 5.36. The molecule has 0 aliphatic carbocycles. The molecule has 0 saturated carbocycles. The Hall–Kier alpha value is -0.980. The number of likely N-dealkylation sites (tertiary alicyclic amines) is 1. The summed E-state index contributed by atoms with van der Waals surface area (Å²) in [7, 11) is 1.74. The van der Waals surface area contributed by atoms with Gasteiger partial charge in [-0.15, -0.1) is 0 Å². The van der Waals surface area contributed by atoms with Crippen molar-refractivity contribution in [1.82, 2.24) is 25.0 Å². The highest BCUT2D eigenvalue weighted by molar-refractivity contribution is 4.89. The number of methoxy groups -OCH3 is 1. The minimum absolute atomic E-state index is 0.610. The van der Waals surface area contributed by atoms with Crippen LogP contribution in [0.4, 0.5) is 0 Å². The molecule has 1 atom stereocenters. The summed E-state index contributed by atoms with van der Waals surface area (Å²) in [6.45, 7) is 7.94. The summed E-state index contributed by atoms with van der Waals surface area (Å²) >= 11 is 0. The van der Waals surface area contributed by atoms with Crippen LogP contribution in [0.15, 0.2) is 6.33 Å². The van der Waals surface area contributed by atoms with Crippen LogP contribution in [-0.4, -0.2) is 59.1 Å². The lowest BCUT2D eigenvalue weighted by atomic mass is 10.2. The lowest BCUT2D eigenvalue weighted by Gasteiger charge is -2.24. The second-order valence-corrected chi connectivity index (χ2v) is 5.36. The van der Waals surface area contributed by atoms with Crippen molar-refractivity contribution in [2.24, 2.45) is 0 Å². The van der Waals surface area contributed by atoms with E-state index in [1.54, 1.807) is 13.4 Å². The van der Waals surface area contributed by atoms with Crippen LogP contribution in [0.2, 0.25) is 0 Å². The highest BCUT2D eigenvalue weighted by Crippen LogP contribution is 2.18. The average molecular weight is 281 g/mol. The molecule has 20 heavy (non-hydrogen) atoms. The molecular weight excluding hydrogens is 254 g/mol. The van der Waals surface area contributed by atoms with Gasteiger partial charge in [0.1, 0.15) is 12.2 Å². The van der Waals surface area contributed by atoms with Crippen molar-refractivity contribution in [3.05, 3.63) is 12.2 Å². The van der Waals surface area contributed by atoms with Crippen LogP contribution in [-0.2, 0) is 17.8 Å². The van der Waals surface area contributed by atoms with E-state index in [4.69, 9.17) is 4.74 Å². The van der Waals surface area contributed by atoms with E-state index in [9.17, 15) is 0 Å². The van der Waals surface area contributed by atoms with E-state index >= 15 is 0 Å². The molecular formula is C14H27N5O. The first kappa shape index (κ1) is 15.4. The number of aryl methyl sites for hydroxylation is 1. The van der Waals surface area contributed by atoms with Gasteiger partial charge in [0.05, 0.1) is 13.2 Å². The van der Waals surface area contributed by atoms with Gasteiger partial charge in [-0.3, -0.25) is 4.90 Å². The van der Waals surface area contributed by atoms with Gasteiger partial charge in [-0.25, -0.2) is 9.67 Å². The van der Waals surface area contributed by atoms with E-state index < -0.39 is 0 Å². The molecule has 0 amide bonds. The number of hydrogen-bond acceptors (Lipinski definition) is 5. The van der Waals surface area contributed by atoms with E-state index in [2.05, 4.69) is 27.2 Å². The normalized spacial score (nSPS) is 19.8. The van der Waals surface area contributed by atoms with E-state index in [1.165, 1.54) is 12.8 Å². The van der Waals surface area contributed by atoms with E-state index in [-0.39, 0.29) is 0 Å². The van der Waals surface area contributed by atoms with Crippen molar-refractivity contribution in [1.29, 1.82) is 0 Å². The van der Waals surface area contributed by atoms with Crippen molar-refractivity contribution in [2.45, 2.75) is 45.3 Å². The molecule has 1 aliphatic rings. The maximum atomic E-state index is 5.06. The highest BCUT2D eigenvalue weighted by atomic mass is 16.5. The number of nitrogens with zero attached hydrogens (tertiary/aromatic N) is 4. The second kappa shape index (κ2) is 8.34. The van der Waals surface area contributed by atoms with E-state index in [0.717, 1.165) is 51.6 Å². The highest BCUT2D eigenvalue weighted by Gasteiger charge is 2.25.